The number of para-hydroxylation sites is 4. The van der Waals surface area contributed by atoms with Crippen molar-refractivity contribution in [2.45, 2.75) is 38.6 Å². The van der Waals surface area contributed by atoms with E-state index in [0.29, 0.717) is 29.4 Å². The summed E-state index contributed by atoms with van der Waals surface area (Å²) in [6.45, 7) is 4.66. The Bertz CT molecular complexity index is 2610. The van der Waals surface area contributed by atoms with E-state index in [2.05, 4.69) is 181 Å². The molecular weight excluding hydrogens is 683 g/mol. The lowest BCUT2D eigenvalue weighted by molar-refractivity contribution is 0.462. The topological polar surface area (TPSA) is 46.8 Å². The number of hydrogen-bond donors (Lipinski definition) is 0. The van der Waals surface area contributed by atoms with Gasteiger partial charge in [-0.1, -0.05) is 134 Å². The molecule has 2 aromatic heterocycles. The van der Waals surface area contributed by atoms with Crippen LogP contribution in [0.3, 0.4) is 0 Å². The van der Waals surface area contributed by atoms with E-state index >= 15 is 0 Å². The van der Waals surface area contributed by atoms with Crippen LogP contribution in [0.1, 0.15) is 44.2 Å². The Labute approximate surface area is 328 Å². The standard InChI is InChI=1S/C51H43N5/c1-3-37(35-36(2)55-47-25-15-13-23-45(47)46-24-14-16-26-48(46)55)38-27-29-40(30-28-38)50-52-49(39-17-7-4-8-18-39)53-51(54-50)41-31-33-44(34-32-41)56(42-19-9-5-10-20-42)43-21-11-6-12-22-43/h4-34,36-37H,3,35H2,1-2H3. The van der Waals surface area contributed by atoms with E-state index < -0.39 is 0 Å². The smallest absolute Gasteiger partial charge is 0.164 e. The van der Waals surface area contributed by atoms with Gasteiger partial charge >= 0.3 is 0 Å². The molecule has 0 fully saturated rings. The summed E-state index contributed by atoms with van der Waals surface area (Å²) < 4.78 is 2.53. The quantitative estimate of drug-likeness (QED) is 0.133. The second-order valence-corrected chi connectivity index (χ2v) is 14.4. The molecule has 0 radical (unpaired) electrons. The molecule has 0 amide bonds. The van der Waals surface area contributed by atoms with Gasteiger partial charge < -0.3 is 9.47 Å². The van der Waals surface area contributed by atoms with Crippen molar-refractivity contribution in [2.75, 3.05) is 4.90 Å². The van der Waals surface area contributed by atoms with Crippen molar-refractivity contribution in [3.8, 4) is 34.2 Å². The molecule has 2 unspecified atom stereocenters. The van der Waals surface area contributed by atoms with E-state index in [1.54, 1.807) is 0 Å². The Kier molecular flexibility index (Phi) is 9.65. The van der Waals surface area contributed by atoms with E-state index in [4.69, 9.17) is 15.0 Å². The Morgan fingerprint density at radius 2 is 0.839 bits per heavy atom. The summed E-state index contributed by atoms with van der Waals surface area (Å²) in [5.74, 6) is 2.35. The molecule has 0 saturated heterocycles. The molecule has 0 saturated carbocycles. The summed E-state index contributed by atoms with van der Waals surface area (Å²) in [6.07, 6.45) is 2.09. The molecule has 7 aromatic carbocycles. The zero-order valence-corrected chi connectivity index (χ0v) is 31.7. The van der Waals surface area contributed by atoms with Gasteiger partial charge in [0.05, 0.1) is 0 Å². The van der Waals surface area contributed by atoms with Gasteiger partial charge in [0.15, 0.2) is 17.5 Å². The maximum absolute atomic E-state index is 5.09. The highest BCUT2D eigenvalue weighted by Gasteiger charge is 2.20. The third-order valence-electron chi connectivity index (χ3n) is 10.9. The summed E-state index contributed by atoms with van der Waals surface area (Å²) >= 11 is 0. The number of nitrogens with zero attached hydrogens (tertiary/aromatic N) is 5. The lowest BCUT2D eigenvalue weighted by Gasteiger charge is -2.25. The van der Waals surface area contributed by atoms with Crippen LogP contribution >= 0.6 is 0 Å². The van der Waals surface area contributed by atoms with Gasteiger partial charge in [0, 0.05) is 61.6 Å². The highest BCUT2D eigenvalue weighted by atomic mass is 15.1. The zero-order valence-electron chi connectivity index (χ0n) is 31.7. The van der Waals surface area contributed by atoms with Crippen molar-refractivity contribution >= 4 is 38.9 Å². The van der Waals surface area contributed by atoms with Crippen LogP contribution in [-0.4, -0.2) is 19.5 Å². The Hall–Kier alpha value is -6.85. The monoisotopic (exact) mass is 725 g/mol. The van der Waals surface area contributed by atoms with E-state index in [9.17, 15) is 0 Å². The second-order valence-electron chi connectivity index (χ2n) is 14.4. The van der Waals surface area contributed by atoms with E-state index in [0.717, 1.165) is 46.6 Å². The summed E-state index contributed by atoms with van der Waals surface area (Å²) in [4.78, 5) is 17.4. The highest BCUT2D eigenvalue weighted by molar-refractivity contribution is 6.08. The summed E-state index contributed by atoms with van der Waals surface area (Å²) in [6, 6.07) is 66.3. The predicted molar refractivity (Wildman–Crippen MR) is 233 cm³/mol. The van der Waals surface area contributed by atoms with Crippen molar-refractivity contribution in [1.82, 2.24) is 19.5 Å². The molecule has 0 aliphatic carbocycles. The van der Waals surface area contributed by atoms with Gasteiger partial charge in [-0.2, -0.15) is 0 Å². The summed E-state index contributed by atoms with van der Waals surface area (Å²) in [7, 11) is 0. The first kappa shape index (κ1) is 34.9. The van der Waals surface area contributed by atoms with Crippen molar-refractivity contribution in [3.63, 3.8) is 0 Å². The molecule has 9 rings (SSSR count). The van der Waals surface area contributed by atoms with Crippen LogP contribution in [0, 0.1) is 0 Å². The molecule has 0 bridgehead atoms. The van der Waals surface area contributed by atoms with Crippen LogP contribution in [-0.2, 0) is 0 Å². The second kappa shape index (κ2) is 15.5. The summed E-state index contributed by atoms with van der Waals surface area (Å²) in [5, 5.41) is 2.63. The van der Waals surface area contributed by atoms with Crippen LogP contribution in [0.4, 0.5) is 17.1 Å². The summed E-state index contributed by atoms with van der Waals surface area (Å²) in [5.41, 5.74) is 10.0. The highest BCUT2D eigenvalue weighted by Crippen LogP contribution is 2.38. The Morgan fingerprint density at radius 3 is 1.32 bits per heavy atom. The van der Waals surface area contributed by atoms with Crippen LogP contribution in [0.5, 0.6) is 0 Å². The van der Waals surface area contributed by atoms with E-state index in [1.807, 2.05) is 30.3 Å². The molecular formula is C51H43N5. The van der Waals surface area contributed by atoms with Gasteiger partial charge in [-0.15, -0.1) is 0 Å². The van der Waals surface area contributed by atoms with Crippen molar-refractivity contribution in [1.29, 1.82) is 0 Å². The molecule has 0 N–H and O–H groups in total. The third kappa shape index (κ3) is 6.84. The largest absolute Gasteiger partial charge is 0.338 e. The number of fused-ring (bicyclic) bond motifs is 3. The molecule has 2 atom stereocenters. The maximum Gasteiger partial charge on any atom is 0.164 e. The van der Waals surface area contributed by atoms with Gasteiger partial charge in [-0.05, 0) is 91.9 Å². The van der Waals surface area contributed by atoms with Crippen molar-refractivity contribution in [3.05, 3.63) is 194 Å². The first-order valence-corrected chi connectivity index (χ1v) is 19.5. The van der Waals surface area contributed by atoms with E-state index in [-0.39, 0.29) is 0 Å². The van der Waals surface area contributed by atoms with Crippen LogP contribution < -0.4 is 4.90 Å². The minimum atomic E-state index is 0.322. The third-order valence-corrected chi connectivity index (χ3v) is 10.9. The molecule has 56 heavy (non-hydrogen) atoms. The molecule has 5 heteroatoms. The molecule has 0 aliphatic heterocycles. The lowest BCUT2D eigenvalue weighted by atomic mass is 9.89. The van der Waals surface area contributed by atoms with Crippen molar-refractivity contribution in [2.24, 2.45) is 0 Å². The van der Waals surface area contributed by atoms with Gasteiger partial charge in [-0.25, -0.2) is 15.0 Å². The Morgan fingerprint density at radius 1 is 0.446 bits per heavy atom. The molecule has 272 valence electrons. The fraction of sp³-hybridized carbons (Fsp3) is 0.118. The van der Waals surface area contributed by atoms with Gasteiger partial charge in [0.2, 0.25) is 0 Å². The predicted octanol–water partition coefficient (Wildman–Crippen LogP) is 13.6. The fourth-order valence-electron chi connectivity index (χ4n) is 8.10. The number of anilines is 3. The molecule has 0 spiro atoms. The normalized spacial score (nSPS) is 12.5. The lowest BCUT2D eigenvalue weighted by Crippen LogP contribution is -2.10. The molecule has 2 heterocycles. The minimum absolute atomic E-state index is 0.322. The maximum atomic E-state index is 5.09. The number of benzene rings is 7. The zero-order chi connectivity index (χ0) is 37.8. The van der Waals surface area contributed by atoms with Gasteiger partial charge in [0.25, 0.3) is 0 Å². The molecule has 5 nitrogen and oxygen atoms in total. The first-order chi connectivity index (χ1) is 27.6. The average Bonchev–Trinajstić information content (AvgIpc) is 3.61. The number of aromatic nitrogens is 4. The first-order valence-electron chi connectivity index (χ1n) is 19.5. The number of hydrogen-bond acceptors (Lipinski definition) is 4. The average molecular weight is 726 g/mol. The van der Waals surface area contributed by atoms with Crippen LogP contribution in [0.2, 0.25) is 0 Å². The minimum Gasteiger partial charge on any atom is -0.338 e. The Balaban J connectivity index is 1.03. The van der Waals surface area contributed by atoms with Gasteiger partial charge in [0.1, 0.15) is 0 Å². The SMILES string of the molecule is CCC(CC(C)n1c2ccccc2c2ccccc21)c1ccc(-c2nc(-c3ccccc3)nc(-c3ccc(N(c4ccccc4)c4ccccc4)cc3)n2)cc1. The number of rotatable bonds is 11. The molecule has 0 aliphatic rings. The fourth-order valence-corrected chi connectivity index (χ4v) is 8.10. The van der Waals surface area contributed by atoms with Gasteiger partial charge in [-0.3, -0.25) is 0 Å². The van der Waals surface area contributed by atoms with Crippen molar-refractivity contribution < 1.29 is 0 Å². The van der Waals surface area contributed by atoms with E-state index in [1.165, 1.54) is 27.4 Å². The van der Waals surface area contributed by atoms with Crippen LogP contribution in [0.25, 0.3) is 56.0 Å². The van der Waals surface area contributed by atoms with Crippen LogP contribution in [0.15, 0.2) is 188 Å². The molecule has 9 aromatic rings.